The largest absolute Gasteiger partial charge is 0.493 e. The minimum atomic E-state index is -1.09. The van der Waals surface area contributed by atoms with Crippen molar-refractivity contribution in [2.24, 2.45) is 5.73 Å². The van der Waals surface area contributed by atoms with Crippen LogP contribution in [-0.2, 0) is 16.1 Å². The van der Waals surface area contributed by atoms with Crippen LogP contribution in [0.2, 0.25) is 0 Å². The lowest BCUT2D eigenvalue weighted by Gasteiger charge is -2.22. The summed E-state index contributed by atoms with van der Waals surface area (Å²) < 4.78 is 15.7. The number of hydrogen-bond donors (Lipinski definition) is 2. The van der Waals surface area contributed by atoms with Gasteiger partial charge in [-0.15, -0.1) is 0 Å². The summed E-state index contributed by atoms with van der Waals surface area (Å²) in [5, 5.41) is 9.08. The van der Waals surface area contributed by atoms with Crippen LogP contribution < -0.4 is 15.2 Å². The van der Waals surface area contributed by atoms with E-state index in [0.29, 0.717) is 24.5 Å². The molecule has 1 aromatic carbocycles. The van der Waals surface area contributed by atoms with Crippen LogP contribution in [0.25, 0.3) is 0 Å². The molecule has 1 aromatic rings. The van der Waals surface area contributed by atoms with Gasteiger partial charge in [0.2, 0.25) is 0 Å². The number of carbonyl (C=O) groups excluding carboxylic acids is 1. The SMILES string of the molecule is CCOC(=O)C(C)(N)CCOc1ccc(CO)cc1OC. The number of ether oxygens (including phenoxy) is 3. The van der Waals surface area contributed by atoms with Crippen LogP contribution >= 0.6 is 0 Å². The Labute approximate surface area is 124 Å². The third-order valence-corrected chi connectivity index (χ3v) is 3.03. The Hall–Kier alpha value is -1.79. The molecule has 0 radical (unpaired) electrons. The number of nitrogens with two attached hydrogens (primary N) is 1. The van der Waals surface area contributed by atoms with Crippen molar-refractivity contribution in [2.45, 2.75) is 32.4 Å². The van der Waals surface area contributed by atoms with Gasteiger partial charge in [0.15, 0.2) is 11.5 Å². The lowest BCUT2D eigenvalue weighted by Crippen LogP contribution is -2.47. The molecule has 3 N–H and O–H groups in total. The molecule has 6 nitrogen and oxygen atoms in total. The van der Waals surface area contributed by atoms with E-state index >= 15 is 0 Å². The molecule has 6 heteroatoms. The van der Waals surface area contributed by atoms with Gasteiger partial charge in [-0.3, -0.25) is 4.79 Å². The van der Waals surface area contributed by atoms with E-state index in [-0.39, 0.29) is 13.2 Å². The van der Waals surface area contributed by atoms with Crippen molar-refractivity contribution in [2.75, 3.05) is 20.3 Å². The Morgan fingerprint density at radius 3 is 2.67 bits per heavy atom. The van der Waals surface area contributed by atoms with Crippen LogP contribution in [0.15, 0.2) is 18.2 Å². The molecule has 0 spiro atoms. The third-order valence-electron chi connectivity index (χ3n) is 3.03. The van der Waals surface area contributed by atoms with Crippen LogP contribution in [0.3, 0.4) is 0 Å². The zero-order valence-corrected chi connectivity index (χ0v) is 12.7. The van der Waals surface area contributed by atoms with Crippen LogP contribution in [0.4, 0.5) is 0 Å². The van der Waals surface area contributed by atoms with Crippen molar-refractivity contribution >= 4 is 5.97 Å². The van der Waals surface area contributed by atoms with Gasteiger partial charge >= 0.3 is 5.97 Å². The molecular formula is C15H23NO5. The van der Waals surface area contributed by atoms with Gasteiger partial charge in [0.25, 0.3) is 0 Å². The first kappa shape index (κ1) is 17.3. The molecule has 0 amide bonds. The van der Waals surface area contributed by atoms with E-state index in [1.165, 1.54) is 7.11 Å². The first-order valence-electron chi connectivity index (χ1n) is 6.81. The number of carbonyl (C=O) groups is 1. The molecule has 1 rings (SSSR count). The minimum absolute atomic E-state index is 0.0691. The number of hydrogen-bond acceptors (Lipinski definition) is 6. The Morgan fingerprint density at radius 2 is 2.10 bits per heavy atom. The maximum absolute atomic E-state index is 11.7. The summed E-state index contributed by atoms with van der Waals surface area (Å²) in [6.45, 7) is 3.82. The van der Waals surface area contributed by atoms with E-state index in [0.717, 1.165) is 5.56 Å². The van der Waals surface area contributed by atoms with Crippen LogP contribution in [0.5, 0.6) is 11.5 Å². The van der Waals surface area contributed by atoms with E-state index in [1.54, 1.807) is 32.0 Å². The second kappa shape index (κ2) is 7.85. The molecule has 1 unspecified atom stereocenters. The van der Waals surface area contributed by atoms with Gasteiger partial charge in [0, 0.05) is 6.42 Å². The summed E-state index contributed by atoms with van der Waals surface area (Å²) >= 11 is 0. The molecule has 0 bridgehead atoms. The highest BCUT2D eigenvalue weighted by molar-refractivity contribution is 5.79. The predicted octanol–water partition coefficient (Wildman–Crippen LogP) is 1.24. The molecular weight excluding hydrogens is 274 g/mol. The van der Waals surface area contributed by atoms with E-state index in [9.17, 15) is 4.79 Å². The lowest BCUT2D eigenvalue weighted by atomic mass is 10.0. The van der Waals surface area contributed by atoms with Crippen LogP contribution in [0, 0.1) is 0 Å². The zero-order chi connectivity index (χ0) is 15.9. The minimum Gasteiger partial charge on any atom is -0.493 e. The highest BCUT2D eigenvalue weighted by Crippen LogP contribution is 2.28. The van der Waals surface area contributed by atoms with Crippen LogP contribution in [0.1, 0.15) is 25.8 Å². The maximum atomic E-state index is 11.7. The van der Waals surface area contributed by atoms with Crippen molar-refractivity contribution in [1.82, 2.24) is 0 Å². The number of aliphatic hydroxyl groups is 1. The fourth-order valence-corrected chi connectivity index (χ4v) is 1.70. The number of rotatable bonds is 8. The Morgan fingerprint density at radius 1 is 1.38 bits per heavy atom. The van der Waals surface area contributed by atoms with Gasteiger partial charge in [0.05, 0.1) is 26.9 Å². The number of aliphatic hydroxyl groups excluding tert-OH is 1. The molecule has 1 atom stereocenters. The third kappa shape index (κ3) is 4.91. The fraction of sp³-hybridized carbons (Fsp3) is 0.533. The quantitative estimate of drug-likeness (QED) is 0.701. The smallest absolute Gasteiger partial charge is 0.325 e. The molecule has 0 fully saturated rings. The standard InChI is InChI=1S/C15H23NO5/c1-4-20-14(18)15(2,16)7-8-21-12-6-5-11(10-17)9-13(12)19-3/h5-6,9,17H,4,7-8,10,16H2,1-3H3. The molecule has 0 aliphatic heterocycles. The summed E-state index contributed by atoms with van der Waals surface area (Å²) in [6, 6.07) is 5.15. The second-order valence-corrected chi connectivity index (χ2v) is 4.88. The van der Waals surface area contributed by atoms with E-state index < -0.39 is 11.5 Å². The monoisotopic (exact) mass is 297 g/mol. The van der Waals surface area contributed by atoms with Gasteiger partial charge in [-0.2, -0.15) is 0 Å². The predicted molar refractivity (Wildman–Crippen MR) is 78.3 cm³/mol. The summed E-state index contributed by atoms with van der Waals surface area (Å²) in [4.78, 5) is 11.7. The Balaban J connectivity index is 2.61. The van der Waals surface area contributed by atoms with Crippen molar-refractivity contribution < 1.29 is 24.1 Å². The number of benzene rings is 1. The van der Waals surface area contributed by atoms with E-state index in [1.807, 2.05) is 0 Å². The van der Waals surface area contributed by atoms with Gasteiger partial charge in [-0.05, 0) is 31.5 Å². The molecule has 118 valence electrons. The molecule has 0 aliphatic rings. The number of methoxy groups -OCH3 is 1. The molecule has 0 aromatic heterocycles. The summed E-state index contributed by atoms with van der Waals surface area (Å²) in [7, 11) is 1.52. The average Bonchev–Trinajstić information content (AvgIpc) is 2.47. The van der Waals surface area contributed by atoms with E-state index in [2.05, 4.69) is 0 Å². The molecule has 0 heterocycles. The Kier molecular flexibility index (Phi) is 6.45. The van der Waals surface area contributed by atoms with Crippen molar-refractivity contribution in [3.8, 4) is 11.5 Å². The highest BCUT2D eigenvalue weighted by atomic mass is 16.5. The first-order valence-corrected chi connectivity index (χ1v) is 6.81. The van der Waals surface area contributed by atoms with Gasteiger partial charge in [0.1, 0.15) is 5.54 Å². The summed E-state index contributed by atoms with van der Waals surface area (Å²) in [5.41, 5.74) is 5.55. The van der Waals surface area contributed by atoms with Crippen molar-refractivity contribution in [1.29, 1.82) is 0 Å². The van der Waals surface area contributed by atoms with Gasteiger partial charge in [-0.1, -0.05) is 6.07 Å². The molecule has 0 saturated heterocycles. The lowest BCUT2D eigenvalue weighted by molar-refractivity contribution is -0.149. The fourth-order valence-electron chi connectivity index (χ4n) is 1.70. The zero-order valence-electron chi connectivity index (χ0n) is 12.7. The maximum Gasteiger partial charge on any atom is 0.325 e. The highest BCUT2D eigenvalue weighted by Gasteiger charge is 2.29. The van der Waals surface area contributed by atoms with Gasteiger partial charge in [-0.25, -0.2) is 0 Å². The summed E-state index contributed by atoms with van der Waals surface area (Å²) in [6.07, 6.45) is 0.316. The topological polar surface area (TPSA) is 91.0 Å². The van der Waals surface area contributed by atoms with Crippen LogP contribution in [-0.4, -0.2) is 36.9 Å². The summed E-state index contributed by atoms with van der Waals surface area (Å²) in [5.74, 6) is 0.613. The van der Waals surface area contributed by atoms with Gasteiger partial charge < -0.3 is 25.1 Å². The van der Waals surface area contributed by atoms with Crippen molar-refractivity contribution in [3.05, 3.63) is 23.8 Å². The molecule has 0 saturated carbocycles. The number of esters is 1. The second-order valence-electron chi connectivity index (χ2n) is 4.88. The molecule has 21 heavy (non-hydrogen) atoms. The Bertz CT molecular complexity index is 473. The van der Waals surface area contributed by atoms with Crippen molar-refractivity contribution in [3.63, 3.8) is 0 Å². The average molecular weight is 297 g/mol. The first-order chi connectivity index (χ1) is 9.94. The normalized spacial score (nSPS) is 13.4. The molecule has 0 aliphatic carbocycles. The van der Waals surface area contributed by atoms with E-state index in [4.69, 9.17) is 25.1 Å².